The van der Waals surface area contributed by atoms with Crippen LogP contribution in [-0.4, -0.2) is 30.2 Å². The average molecular weight is 496 g/mol. The Bertz CT molecular complexity index is 1660. The van der Waals surface area contributed by atoms with Gasteiger partial charge in [0.25, 0.3) is 11.5 Å². The largest absolute Gasteiger partial charge is 0.382 e. The van der Waals surface area contributed by atoms with Crippen molar-refractivity contribution < 1.29 is 9.18 Å². The monoisotopic (exact) mass is 495 g/mol. The van der Waals surface area contributed by atoms with Gasteiger partial charge in [-0.25, -0.2) is 19.6 Å². The number of nitrogens with zero attached hydrogens (tertiary/aromatic N) is 5. The molecular formula is C27H22FN7O2. The molecule has 5 aromatic rings. The van der Waals surface area contributed by atoms with Crippen molar-refractivity contribution in [1.82, 2.24) is 24.3 Å². The summed E-state index contributed by atoms with van der Waals surface area (Å²) in [6, 6.07) is 18.8. The van der Waals surface area contributed by atoms with Crippen LogP contribution in [0.5, 0.6) is 0 Å². The molecule has 2 aromatic carbocycles. The predicted molar refractivity (Wildman–Crippen MR) is 139 cm³/mol. The maximum Gasteiger partial charge on any atom is 0.284 e. The number of amides is 1. The number of benzene rings is 2. The van der Waals surface area contributed by atoms with E-state index in [1.807, 2.05) is 18.2 Å². The maximum absolute atomic E-state index is 13.2. The number of nitrogen functional groups attached to an aromatic ring is 1. The van der Waals surface area contributed by atoms with Crippen LogP contribution in [0.3, 0.4) is 0 Å². The normalized spacial score (nSPS) is 10.9. The number of nitrogens with one attached hydrogen (secondary N) is 1. The Kier molecular flexibility index (Phi) is 6.06. The lowest BCUT2D eigenvalue weighted by atomic mass is 10.1. The second-order valence-corrected chi connectivity index (χ2v) is 8.33. The second-order valence-electron chi connectivity index (χ2n) is 8.33. The molecule has 5 rings (SSSR count). The first kappa shape index (κ1) is 23.6. The maximum atomic E-state index is 13.2. The third kappa shape index (κ3) is 4.47. The summed E-state index contributed by atoms with van der Waals surface area (Å²) >= 11 is 0. The highest BCUT2D eigenvalue weighted by Gasteiger charge is 2.22. The minimum absolute atomic E-state index is 0.0612. The SMILES string of the molecule is Cc1c(C(=O)Nc2ccc(-c3nc(-c4ccc(F)nc4)cnc3N)cc2)c(=O)n(-c2ccccc2)n1C. The zero-order chi connectivity index (χ0) is 26.1. The molecule has 0 atom stereocenters. The van der Waals surface area contributed by atoms with Gasteiger partial charge < -0.3 is 11.1 Å². The molecule has 10 heteroatoms. The quantitative estimate of drug-likeness (QED) is 0.356. The van der Waals surface area contributed by atoms with Gasteiger partial charge >= 0.3 is 0 Å². The Morgan fingerprint density at radius 2 is 1.65 bits per heavy atom. The number of hydrogen-bond donors (Lipinski definition) is 2. The van der Waals surface area contributed by atoms with Crippen molar-refractivity contribution in [2.45, 2.75) is 6.92 Å². The summed E-state index contributed by atoms with van der Waals surface area (Å²) in [5, 5.41) is 2.79. The van der Waals surface area contributed by atoms with Gasteiger partial charge in [0.15, 0.2) is 0 Å². The highest BCUT2D eigenvalue weighted by atomic mass is 19.1. The van der Waals surface area contributed by atoms with E-state index < -0.39 is 17.4 Å². The van der Waals surface area contributed by atoms with Gasteiger partial charge in [-0.1, -0.05) is 30.3 Å². The highest BCUT2D eigenvalue weighted by Crippen LogP contribution is 2.27. The molecule has 3 heterocycles. The first-order valence-corrected chi connectivity index (χ1v) is 11.3. The lowest BCUT2D eigenvalue weighted by Gasteiger charge is -2.09. The van der Waals surface area contributed by atoms with Crippen LogP contribution in [0.15, 0.2) is 83.9 Å². The molecule has 0 aliphatic heterocycles. The van der Waals surface area contributed by atoms with E-state index in [2.05, 4.69) is 20.3 Å². The summed E-state index contributed by atoms with van der Waals surface area (Å²) in [5.74, 6) is -0.877. The Labute approximate surface area is 211 Å². The van der Waals surface area contributed by atoms with Gasteiger partial charge in [-0.05, 0) is 43.3 Å². The number of hydrogen-bond acceptors (Lipinski definition) is 6. The number of halogens is 1. The minimum Gasteiger partial charge on any atom is -0.382 e. The first-order chi connectivity index (χ1) is 17.8. The molecule has 0 spiro atoms. The molecule has 0 aliphatic carbocycles. The van der Waals surface area contributed by atoms with Crippen molar-refractivity contribution >= 4 is 17.4 Å². The third-order valence-electron chi connectivity index (χ3n) is 6.02. The minimum atomic E-state index is -0.588. The van der Waals surface area contributed by atoms with Crippen LogP contribution in [0, 0.1) is 12.9 Å². The molecule has 3 N–H and O–H groups in total. The molecule has 0 saturated carbocycles. The molecule has 9 nitrogen and oxygen atoms in total. The van der Waals surface area contributed by atoms with E-state index in [9.17, 15) is 14.0 Å². The number of carbonyl (C=O) groups is 1. The van der Waals surface area contributed by atoms with E-state index >= 15 is 0 Å². The molecular weight excluding hydrogens is 473 g/mol. The first-order valence-electron chi connectivity index (χ1n) is 11.3. The van der Waals surface area contributed by atoms with E-state index in [0.29, 0.717) is 39.6 Å². The van der Waals surface area contributed by atoms with Crippen molar-refractivity contribution in [2.24, 2.45) is 7.05 Å². The van der Waals surface area contributed by atoms with Crippen molar-refractivity contribution in [3.63, 3.8) is 0 Å². The molecule has 37 heavy (non-hydrogen) atoms. The smallest absolute Gasteiger partial charge is 0.284 e. The second kappa shape index (κ2) is 9.50. The van der Waals surface area contributed by atoms with Crippen molar-refractivity contribution in [1.29, 1.82) is 0 Å². The van der Waals surface area contributed by atoms with Crippen LogP contribution >= 0.6 is 0 Å². The highest BCUT2D eigenvalue weighted by molar-refractivity contribution is 6.05. The van der Waals surface area contributed by atoms with Crippen molar-refractivity contribution in [2.75, 3.05) is 11.1 Å². The molecule has 0 unspecified atom stereocenters. The molecule has 0 radical (unpaired) electrons. The van der Waals surface area contributed by atoms with Crippen LogP contribution < -0.4 is 16.6 Å². The summed E-state index contributed by atoms with van der Waals surface area (Å²) in [4.78, 5) is 38.6. The zero-order valence-corrected chi connectivity index (χ0v) is 20.0. The lowest BCUT2D eigenvalue weighted by Crippen LogP contribution is -2.25. The number of rotatable bonds is 5. The van der Waals surface area contributed by atoms with E-state index in [1.165, 1.54) is 23.1 Å². The van der Waals surface area contributed by atoms with Crippen molar-refractivity contribution in [3.05, 3.63) is 107 Å². The van der Waals surface area contributed by atoms with Crippen LogP contribution in [0.1, 0.15) is 16.1 Å². The summed E-state index contributed by atoms with van der Waals surface area (Å²) in [5.41, 5.74) is 9.60. The molecule has 0 fully saturated rings. The standard InChI is InChI=1S/C27H22FN7O2/c1-16-23(27(37)35(34(16)2)20-6-4-3-5-7-20)26(36)32-19-11-8-17(9-12-19)24-25(29)31-15-21(33-24)18-10-13-22(28)30-14-18/h3-15H,1-2H3,(H2,29,31)(H,32,36). The summed E-state index contributed by atoms with van der Waals surface area (Å²) < 4.78 is 16.3. The van der Waals surface area contributed by atoms with Gasteiger partial charge in [-0.15, -0.1) is 0 Å². The van der Waals surface area contributed by atoms with Crippen molar-refractivity contribution in [3.8, 4) is 28.2 Å². The van der Waals surface area contributed by atoms with Gasteiger partial charge in [0.2, 0.25) is 5.95 Å². The number of pyridine rings is 1. The molecule has 0 aliphatic rings. The molecule has 0 saturated heterocycles. The van der Waals surface area contributed by atoms with Gasteiger partial charge in [0.1, 0.15) is 17.1 Å². The topological polar surface area (TPSA) is 121 Å². The Morgan fingerprint density at radius 3 is 2.32 bits per heavy atom. The Balaban J connectivity index is 1.40. The number of carbonyl (C=O) groups excluding carboxylic acids is 1. The molecule has 1 amide bonds. The number of anilines is 2. The van der Waals surface area contributed by atoms with E-state index in [0.717, 1.165) is 0 Å². The van der Waals surface area contributed by atoms with E-state index in [1.54, 1.807) is 61.1 Å². The van der Waals surface area contributed by atoms with Gasteiger partial charge in [0, 0.05) is 30.1 Å². The summed E-state index contributed by atoms with van der Waals surface area (Å²) in [7, 11) is 1.73. The third-order valence-corrected chi connectivity index (χ3v) is 6.02. The fraction of sp³-hybridized carbons (Fsp3) is 0.0741. The van der Waals surface area contributed by atoms with Gasteiger partial charge in [0.05, 0.1) is 23.3 Å². The number of aromatic nitrogens is 5. The Morgan fingerprint density at radius 1 is 0.946 bits per heavy atom. The van der Waals surface area contributed by atoms with Crippen LogP contribution in [0.4, 0.5) is 15.9 Å². The van der Waals surface area contributed by atoms with Crippen LogP contribution in [-0.2, 0) is 7.05 Å². The zero-order valence-electron chi connectivity index (χ0n) is 20.0. The average Bonchev–Trinajstić information content (AvgIpc) is 3.13. The molecule has 3 aromatic heterocycles. The number of para-hydroxylation sites is 1. The number of nitrogens with two attached hydrogens (primary N) is 1. The van der Waals surface area contributed by atoms with Gasteiger partial charge in [-0.3, -0.25) is 14.3 Å². The van der Waals surface area contributed by atoms with Gasteiger partial charge in [-0.2, -0.15) is 4.39 Å². The van der Waals surface area contributed by atoms with E-state index in [-0.39, 0.29) is 11.4 Å². The molecule has 0 bridgehead atoms. The fourth-order valence-electron chi connectivity index (χ4n) is 4.01. The summed E-state index contributed by atoms with van der Waals surface area (Å²) in [6.07, 6.45) is 2.86. The molecule has 184 valence electrons. The Hall–Kier alpha value is -5.12. The van der Waals surface area contributed by atoms with Crippen LogP contribution in [0.2, 0.25) is 0 Å². The fourth-order valence-corrected chi connectivity index (χ4v) is 4.01. The van der Waals surface area contributed by atoms with Crippen LogP contribution in [0.25, 0.3) is 28.2 Å². The van der Waals surface area contributed by atoms with E-state index in [4.69, 9.17) is 5.73 Å². The summed E-state index contributed by atoms with van der Waals surface area (Å²) in [6.45, 7) is 1.73. The predicted octanol–water partition coefficient (Wildman–Crippen LogP) is 3.98. The lowest BCUT2D eigenvalue weighted by molar-refractivity contribution is 0.102.